The second-order valence-electron chi connectivity index (χ2n) is 7.01. The summed E-state index contributed by atoms with van der Waals surface area (Å²) >= 11 is 12.1. The van der Waals surface area contributed by atoms with E-state index in [1.54, 1.807) is 12.1 Å². The van der Waals surface area contributed by atoms with Crippen LogP contribution in [-0.2, 0) is 16.1 Å². The van der Waals surface area contributed by atoms with Gasteiger partial charge in [-0.25, -0.2) is 0 Å². The fourth-order valence-electron chi connectivity index (χ4n) is 3.04. The molecule has 0 saturated carbocycles. The van der Waals surface area contributed by atoms with Crippen LogP contribution >= 0.6 is 23.2 Å². The summed E-state index contributed by atoms with van der Waals surface area (Å²) in [5, 5.41) is 6.64. The number of hydrogen-bond donors (Lipinski definition) is 2. The maximum absolute atomic E-state index is 12.2. The van der Waals surface area contributed by atoms with E-state index < -0.39 is 0 Å². The maximum atomic E-state index is 12.2. The highest BCUT2D eigenvalue weighted by Gasteiger charge is 2.12. The summed E-state index contributed by atoms with van der Waals surface area (Å²) in [7, 11) is 1.81. The molecule has 0 aliphatic carbocycles. The molecule has 0 aromatic heterocycles. The number of carbonyl (C=O) groups excluding carboxylic acids is 2. The number of anilines is 1. The summed E-state index contributed by atoms with van der Waals surface area (Å²) in [6.45, 7) is 6.48. The molecule has 2 amide bonds. The molecule has 150 valence electrons. The Morgan fingerprint density at radius 2 is 1.64 bits per heavy atom. The van der Waals surface area contributed by atoms with Crippen molar-refractivity contribution in [3.63, 3.8) is 0 Å². The van der Waals surface area contributed by atoms with Crippen molar-refractivity contribution >= 4 is 40.7 Å². The molecule has 0 aliphatic heterocycles. The Morgan fingerprint density at radius 3 is 2.25 bits per heavy atom. The van der Waals surface area contributed by atoms with Gasteiger partial charge < -0.3 is 10.6 Å². The molecule has 0 heterocycles. The van der Waals surface area contributed by atoms with Crippen LogP contribution in [0.4, 0.5) is 5.69 Å². The van der Waals surface area contributed by atoms with Crippen LogP contribution in [0, 0.1) is 20.8 Å². The summed E-state index contributed by atoms with van der Waals surface area (Å²) in [6, 6.07) is 9.29. The van der Waals surface area contributed by atoms with E-state index in [1.807, 2.05) is 50.9 Å². The van der Waals surface area contributed by atoms with Crippen LogP contribution < -0.4 is 10.6 Å². The molecule has 0 spiro atoms. The second kappa shape index (κ2) is 9.92. The molecule has 0 radical (unpaired) electrons. The number of carbonyl (C=O) groups is 2. The quantitative estimate of drug-likeness (QED) is 0.706. The van der Waals surface area contributed by atoms with E-state index in [9.17, 15) is 9.59 Å². The van der Waals surface area contributed by atoms with Crippen molar-refractivity contribution in [1.82, 2.24) is 10.2 Å². The van der Waals surface area contributed by atoms with Gasteiger partial charge in [-0.15, -0.1) is 0 Å². The van der Waals surface area contributed by atoms with Crippen LogP contribution in [0.25, 0.3) is 0 Å². The zero-order chi connectivity index (χ0) is 20.8. The lowest BCUT2D eigenvalue weighted by Gasteiger charge is -2.17. The van der Waals surface area contributed by atoms with Crippen LogP contribution in [0.1, 0.15) is 22.3 Å². The second-order valence-corrected chi connectivity index (χ2v) is 7.85. The van der Waals surface area contributed by atoms with Crippen LogP contribution in [0.2, 0.25) is 10.0 Å². The third-order valence-corrected chi connectivity index (χ3v) is 4.84. The normalized spacial score (nSPS) is 10.8. The minimum atomic E-state index is -0.258. The standard InChI is InChI=1S/C21H25Cl2N3O2/c1-13-7-14(2)21(15(3)8-13)25-19(27)10-24-20(28)12-26(4)11-16-5-6-17(22)9-18(16)23/h5-9H,10-12H2,1-4H3,(H,24,28)(H,25,27). The number of nitrogens with one attached hydrogen (secondary N) is 2. The molecular formula is C21H25Cl2N3O2. The molecule has 0 aliphatic rings. The van der Waals surface area contributed by atoms with Crippen molar-refractivity contribution in [3.8, 4) is 0 Å². The Kier molecular flexibility index (Phi) is 7.87. The van der Waals surface area contributed by atoms with Crippen molar-refractivity contribution in [3.05, 3.63) is 62.6 Å². The van der Waals surface area contributed by atoms with Gasteiger partial charge in [0.25, 0.3) is 0 Å². The Balaban J connectivity index is 1.82. The molecule has 5 nitrogen and oxygen atoms in total. The smallest absolute Gasteiger partial charge is 0.243 e. The zero-order valence-electron chi connectivity index (χ0n) is 16.5. The number of rotatable bonds is 7. The van der Waals surface area contributed by atoms with E-state index in [-0.39, 0.29) is 24.9 Å². The van der Waals surface area contributed by atoms with Crippen molar-refractivity contribution in [2.24, 2.45) is 0 Å². The largest absolute Gasteiger partial charge is 0.346 e. The molecule has 0 unspecified atom stereocenters. The predicted octanol–water partition coefficient (Wildman–Crippen LogP) is 4.11. The first-order chi connectivity index (χ1) is 13.2. The molecule has 0 saturated heterocycles. The van der Waals surface area contributed by atoms with Gasteiger partial charge in [0.15, 0.2) is 0 Å². The summed E-state index contributed by atoms with van der Waals surface area (Å²) in [5.41, 5.74) is 4.81. The number of likely N-dealkylation sites (N-methyl/N-ethyl adjacent to an activating group) is 1. The molecule has 2 N–H and O–H groups in total. The van der Waals surface area contributed by atoms with Gasteiger partial charge in [0.2, 0.25) is 11.8 Å². The van der Waals surface area contributed by atoms with Gasteiger partial charge in [-0.2, -0.15) is 0 Å². The van der Waals surface area contributed by atoms with Gasteiger partial charge in [-0.05, 0) is 56.6 Å². The predicted molar refractivity (Wildman–Crippen MR) is 115 cm³/mol. The van der Waals surface area contributed by atoms with Crippen LogP contribution in [0.5, 0.6) is 0 Å². The molecule has 2 aromatic rings. The highest BCUT2D eigenvalue weighted by Crippen LogP contribution is 2.22. The Bertz CT molecular complexity index is 861. The van der Waals surface area contributed by atoms with E-state index in [0.717, 1.165) is 27.9 Å². The highest BCUT2D eigenvalue weighted by atomic mass is 35.5. The molecule has 0 atom stereocenters. The maximum Gasteiger partial charge on any atom is 0.243 e. The number of nitrogens with zero attached hydrogens (tertiary/aromatic N) is 1. The molecule has 7 heteroatoms. The summed E-state index contributed by atoms with van der Waals surface area (Å²) in [6.07, 6.45) is 0. The Hall–Kier alpha value is -2.08. The van der Waals surface area contributed by atoms with E-state index in [1.165, 1.54) is 0 Å². The van der Waals surface area contributed by atoms with Crippen molar-refractivity contribution in [2.45, 2.75) is 27.3 Å². The molecule has 28 heavy (non-hydrogen) atoms. The molecular weight excluding hydrogens is 397 g/mol. The SMILES string of the molecule is Cc1cc(C)c(NC(=O)CNC(=O)CN(C)Cc2ccc(Cl)cc2Cl)c(C)c1. The van der Waals surface area contributed by atoms with Crippen molar-refractivity contribution in [2.75, 3.05) is 25.5 Å². The summed E-state index contributed by atoms with van der Waals surface area (Å²) in [5.74, 6) is -0.494. The molecule has 2 aromatic carbocycles. The summed E-state index contributed by atoms with van der Waals surface area (Å²) < 4.78 is 0. The number of halogens is 2. The van der Waals surface area contributed by atoms with Gasteiger partial charge in [-0.3, -0.25) is 14.5 Å². The van der Waals surface area contributed by atoms with Gasteiger partial charge in [0.1, 0.15) is 0 Å². The minimum absolute atomic E-state index is 0.0822. The monoisotopic (exact) mass is 421 g/mol. The minimum Gasteiger partial charge on any atom is -0.346 e. The first-order valence-electron chi connectivity index (χ1n) is 8.92. The van der Waals surface area contributed by atoms with Gasteiger partial charge >= 0.3 is 0 Å². The lowest BCUT2D eigenvalue weighted by Crippen LogP contribution is -2.39. The van der Waals surface area contributed by atoms with Crippen LogP contribution in [0.15, 0.2) is 30.3 Å². The lowest BCUT2D eigenvalue weighted by atomic mass is 10.1. The molecule has 2 rings (SSSR count). The summed E-state index contributed by atoms with van der Waals surface area (Å²) in [4.78, 5) is 26.1. The fourth-order valence-corrected chi connectivity index (χ4v) is 3.51. The van der Waals surface area contributed by atoms with Gasteiger partial charge in [0.05, 0.1) is 13.1 Å². The van der Waals surface area contributed by atoms with Crippen LogP contribution in [-0.4, -0.2) is 36.9 Å². The zero-order valence-corrected chi connectivity index (χ0v) is 18.0. The number of aryl methyl sites for hydroxylation is 3. The third-order valence-electron chi connectivity index (χ3n) is 4.26. The van der Waals surface area contributed by atoms with E-state index in [2.05, 4.69) is 10.6 Å². The van der Waals surface area contributed by atoms with Crippen LogP contribution in [0.3, 0.4) is 0 Å². The Morgan fingerprint density at radius 1 is 1.00 bits per heavy atom. The lowest BCUT2D eigenvalue weighted by molar-refractivity contribution is -0.124. The van der Waals surface area contributed by atoms with Gasteiger partial charge in [-0.1, -0.05) is 47.0 Å². The fraction of sp³-hybridized carbons (Fsp3) is 0.333. The average Bonchev–Trinajstić information content (AvgIpc) is 2.58. The third kappa shape index (κ3) is 6.51. The van der Waals surface area contributed by atoms with E-state index in [0.29, 0.717) is 16.6 Å². The van der Waals surface area contributed by atoms with Gasteiger partial charge in [0, 0.05) is 22.3 Å². The van der Waals surface area contributed by atoms with E-state index >= 15 is 0 Å². The van der Waals surface area contributed by atoms with E-state index in [4.69, 9.17) is 23.2 Å². The number of benzene rings is 2. The first-order valence-corrected chi connectivity index (χ1v) is 9.68. The first kappa shape index (κ1) is 22.2. The van der Waals surface area contributed by atoms with Crippen molar-refractivity contribution in [1.29, 1.82) is 0 Å². The molecule has 0 bridgehead atoms. The Labute approximate surface area is 176 Å². The number of amides is 2. The topological polar surface area (TPSA) is 61.4 Å². The molecule has 0 fully saturated rings. The average molecular weight is 422 g/mol. The highest BCUT2D eigenvalue weighted by molar-refractivity contribution is 6.35. The van der Waals surface area contributed by atoms with Crippen molar-refractivity contribution < 1.29 is 9.59 Å². The number of hydrogen-bond acceptors (Lipinski definition) is 3.